The molecule has 1 aliphatic heterocycles. The summed E-state index contributed by atoms with van der Waals surface area (Å²) in [5, 5.41) is 13.7. The molecule has 108 valence electrons. The second-order valence-electron chi connectivity index (χ2n) is 4.48. The molecule has 1 unspecified atom stereocenters. The number of hydrogen-bond donors (Lipinski definition) is 2. The van der Waals surface area contributed by atoms with Crippen LogP contribution < -0.4 is 10.0 Å². The van der Waals surface area contributed by atoms with Gasteiger partial charge in [-0.2, -0.15) is 0 Å². The fourth-order valence-electron chi connectivity index (χ4n) is 1.99. The number of aromatic nitrogens is 2. The molecule has 1 aliphatic rings. The van der Waals surface area contributed by atoms with E-state index < -0.39 is 21.9 Å². The van der Waals surface area contributed by atoms with Gasteiger partial charge in [0.2, 0.25) is 21.9 Å². The maximum Gasteiger partial charge on any atom is 0.338 e. The summed E-state index contributed by atoms with van der Waals surface area (Å²) in [5.74, 6) is -2.14. The standard InChI is InChI=1S/C10H12N4O5S/c11-20(18,19)5-6-1-8(15)14(4-6)10-12-2-7(3-13-10)9(16)17/h2-3,6H,1,4-5H2,(H,16,17)(H2,11,18,19). The molecule has 9 nitrogen and oxygen atoms in total. The van der Waals surface area contributed by atoms with Crippen LogP contribution in [0.25, 0.3) is 0 Å². The van der Waals surface area contributed by atoms with Gasteiger partial charge >= 0.3 is 5.97 Å². The highest BCUT2D eigenvalue weighted by molar-refractivity contribution is 7.89. The van der Waals surface area contributed by atoms with Crippen molar-refractivity contribution in [1.82, 2.24) is 9.97 Å². The SMILES string of the molecule is NS(=O)(=O)CC1CC(=O)N(c2ncc(C(=O)O)cn2)C1. The Morgan fingerprint density at radius 3 is 2.55 bits per heavy atom. The summed E-state index contributed by atoms with van der Waals surface area (Å²) in [4.78, 5) is 31.3. The average Bonchev–Trinajstić information content (AvgIpc) is 2.67. The number of hydrogen-bond acceptors (Lipinski definition) is 6. The van der Waals surface area contributed by atoms with Crippen LogP contribution in [0.1, 0.15) is 16.8 Å². The van der Waals surface area contributed by atoms with Crippen LogP contribution >= 0.6 is 0 Å². The van der Waals surface area contributed by atoms with Crippen molar-refractivity contribution in [3.8, 4) is 0 Å². The van der Waals surface area contributed by atoms with Gasteiger partial charge in [0.25, 0.3) is 0 Å². The molecular weight excluding hydrogens is 288 g/mol. The minimum atomic E-state index is -3.65. The van der Waals surface area contributed by atoms with Gasteiger partial charge in [-0.05, 0) is 0 Å². The van der Waals surface area contributed by atoms with Gasteiger partial charge in [-0.15, -0.1) is 0 Å². The molecule has 1 amide bonds. The number of nitrogens with two attached hydrogens (primary N) is 1. The van der Waals surface area contributed by atoms with Crippen molar-refractivity contribution in [2.24, 2.45) is 11.1 Å². The third kappa shape index (κ3) is 3.27. The first kappa shape index (κ1) is 14.3. The highest BCUT2D eigenvalue weighted by Gasteiger charge is 2.34. The van der Waals surface area contributed by atoms with Crippen LogP contribution in [0.4, 0.5) is 5.95 Å². The molecule has 1 saturated heterocycles. The minimum absolute atomic E-state index is 0.0421. The number of nitrogens with zero attached hydrogens (tertiary/aromatic N) is 3. The zero-order valence-corrected chi connectivity index (χ0v) is 11.1. The zero-order chi connectivity index (χ0) is 14.9. The molecule has 0 spiro atoms. The molecule has 1 aromatic heterocycles. The third-order valence-electron chi connectivity index (χ3n) is 2.80. The van der Waals surface area contributed by atoms with Crippen molar-refractivity contribution >= 4 is 27.8 Å². The summed E-state index contributed by atoms with van der Waals surface area (Å²) in [6.07, 6.45) is 2.22. The highest BCUT2D eigenvalue weighted by Crippen LogP contribution is 2.22. The molecule has 3 N–H and O–H groups in total. The largest absolute Gasteiger partial charge is 0.478 e. The number of anilines is 1. The van der Waals surface area contributed by atoms with E-state index >= 15 is 0 Å². The van der Waals surface area contributed by atoms with Crippen LogP contribution in [-0.2, 0) is 14.8 Å². The van der Waals surface area contributed by atoms with Gasteiger partial charge in [0.15, 0.2) is 0 Å². The average molecular weight is 300 g/mol. The van der Waals surface area contributed by atoms with Crippen LogP contribution in [0.2, 0.25) is 0 Å². The van der Waals surface area contributed by atoms with Crippen LogP contribution in [0.5, 0.6) is 0 Å². The fourth-order valence-corrected chi connectivity index (χ4v) is 2.87. The lowest BCUT2D eigenvalue weighted by atomic mass is 10.1. The monoisotopic (exact) mass is 300 g/mol. The molecule has 20 heavy (non-hydrogen) atoms. The van der Waals surface area contributed by atoms with Gasteiger partial charge < -0.3 is 5.11 Å². The predicted molar refractivity (Wildman–Crippen MR) is 67.4 cm³/mol. The Labute approximate surface area is 114 Å². The second-order valence-corrected chi connectivity index (χ2v) is 6.14. The van der Waals surface area contributed by atoms with Gasteiger partial charge in [0, 0.05) is 31.3 Å². The molecule has 0 aliphatic carbocycles. The van der Waals surface area contributed by atoms with Crippen molar-refractivity contribution in [3.05, 3.63) is 18.0 Å². The minimum Gasteiger partial charge on any atom is -0.478 e. The molecule has 1 atom stereocenters. The van der Waals surface area contributed by atoms with E-state index in [-0.39, 0.29) is 36.1 Å². The number of carbonyl (C=O) groups excluding carboxylic acids is 1. The van der Waals surface area contributed by atoms with Crippen LogP contribution in [0.15, 0.2) is 12.4 Å². The molecule has 2 rings (SSSR count). The Balaban J connectivity index is 2.13. The Morgan fingerprint density at radius 2 is 2.05 bits per heavy atom. The van der Waals surface area contributed by atoms with Gasteiger partial charge in [0.05, 0.1) is 11.3 Å². The lowest BCUT2D eigenvalue weighted by Crippen LogP contribution is -2.28. The Hall–Kier alpha value is -2.07. The van der Waals surface area contributed by atoms with Gasteiger partial charge in [0.1, 0.15) is 0 Å². The van der Waals surface area contributed by atoms with E-state index in [9.17, 15) is 18.0 Å². The fraction of sp³-hybridized carbons (Fsp3) is 0.400. The van der Waals surface area contributed by atoms with Crippen molar-refractivity contribution in [3.63, 3.8) is 0 Å². The quantitative estimate of drug-likeness (QED) is 0.711. The summed E-state index contributed by atoms with van der Waals surface area (Å²) in [7, 11) is -3.65. The number of sulfonamides is 1. The third-order valence-corrected chi connectivity index (χ3v) is 3.74. The van der Waals surface area contributed by atoms with Crippen molar-refractivity contribution < 1.29 is 23.1 Å². The van der Waals surface area contributed by atoms with E-state index in [1.54, 1.807) is 0 Å². The first-order valence-corrected chi connectivity index (χ1v) is 7.34. The molecule has 0 aromatic carbocycles. The van der Waals surface area contributed by atoms with E-state index in [1.165, 1.54) is 4.90 Å². The molecular formula is C10H12N4O5S. The number of carboxylic acid groups (broad SMARTS) is 1. The number of carboxylic acids is 1. The van der Waals surface area contributed by atoms with Gasteiger partial charge in [-0.1, -0.05) is 0 Å². The van der Waals surface area contributed by atoms with E-state index in [0.717, 1.165) is 12.4 Å². The lowest BCUT2D eigenvalue weighted by Gasteiger charge is -2.13. The molecule has 0 saturated carbocycles. The van der Waals surface area contributed by atoms with Crippen LogP contribution in [-0.4, -0.2) is 47.7 Å². The Morgan fingerprint density at radius 1 is 1.45 bits per heavy atom. The molecule has 0 bridgehead atoms. The molecule has 1 aromatic rings. The van der Waals surface area contributed by atoms with Crippen molar-refractivity contribution in [2.45, 2.75) is 6.42 Å². The van der Waals surface area contributed by atoms with E-state index in [2.05, 4.69) is 9.97 Å². The molecule has 10 heteroatoms. The first-order chi connectivity index (χ1) is 9.26. The van der Waals surface area contributed by atoms with Crippen LogP contribution in [0.3, 0.4) is 0 Å². The number of aromatic carboxylic acids is 1. The summed E-state index contributed by atoms with van der Waals surface area (Å²) < 4.78 is 22.0. The topological polar surface area (TPSA) is 144 Å². The second kappa shape index (κ2) is 5.13. The molecule has 0 radical (unpaired) electrons. The number of primary sulfonamides is 1. The van der Waals surface area contributed by atoms with Gasteiger partial charge in [-0.25, -0.2) is 28.3 Å². The zero-order valence-electron chi connectivity index (χ0n) is 10.3. The highest BCUT2D eigenvalue weighted by atomic mass is 32.2. The molecule has 2 heterocycles. The van der Waals surface area contributed by atoms with Crippen LogP contribution in [0, 0.1) is 5.92 Å². The Kier molecular flexibility index (Phi) is 3.68. The summed E-state index contributed by atoms with van der Waals surface area (Å²) in [6, 6.07) is 0. The summed E-state index contributed by atoms with van der Waals surface area (Å²) >= 11 is 0. The maximum absolute atomic E-state index is 11.8. The van der Waals surface area contributed by atoms with Gasteiger partial charge in [-0.3, -0.25) is 9.69 Å². The summed E-state index contributed by atoms with van der Waals surface area (Å²) in [5.41, 5.74) is -0.0959. The first-order valence-electron chi connectivity index (χ1n) is 5.62. The number of amides is 1. The van der Waals surface area contributed by atoms with Crippen molar-refractivity contribution in [2.75, 3.05) is 17.2 Å². The maximum atomic E-state index is 11.8. The lowest BCUT2D eigenvalue weighted by molar-refractivity contribution is -0.117. The summed E-state index contributed by atoms with van der Waals surface area (Å²) in [6.45, 7) is 0.141. The Bertz CT molecular complexity index is 642. The number of carbonyl (C=O) groups is 2. The predicted octanol–water partition coefficient (Wildman–Crippen LogP) is -1.18. The van der Waals surface area contributed by atoms with E-state index in [1.807, 2.05) is 0 Å². The van der Waals surface area contributed by atoms with Crippen molar-refractivity contribution in [1.29, 1.82) is 0 Å². The molecule has 1 fully saturated rings. The van der Waals surface area contributed by atoms with E-state index in [0.29, 0.717) is 0 Å². The normalized spacial score (nSPS) is 19.4. The smallest absolute Gasteiger partial charge is 0.338 e. The van der Waals surface area contributed by atoms with E-state index in [4.69, 9.17) is 10.2 Å². The number of rotatable bonds is 4.